The molecular formula is C11H14N2OS. The molecule has 80 valence electrons. The van der Waals surface area contributed by atoms with Crippen LogP contribution in [0.25, 0.3) is 0 Å². The minimum Gasteiger partial charge on any atom is -0.491 e. The van der Waals surface area contributed by atoms with Gasteiger partial charge in [0.05, 0.1) is 6.61 Å². The van der Waals surface area contributed by atoms with Crippen molar-refractivity contribution in [2.75, 3.05) is 6.61 Å². The molecule has 0 spiro atoms. The average Bonchev–Trinajstić information content (AvgIpc) is 3.02. The van der Waals surface area contributed by atoms with Gasteiger partial charge in [-0.2, -0.15) is 0 Å². The molecule has 1 fully saturated rings. The predicted octanol–water partition coefficient (Wildman–Crippen LogP) is 1.89. The van der Waals surface area contributed by atoms with Crippen molar-refractivity contribution in [3.63, 3.8) is 0 Å². The van der Waals surface area contributed by atoms with Gasteiger partial charge in [0.15, 0.2) is 0 Å². The lowest BCUT2D eigenvalue weighted by Crippen LogP contribution is -2.14. The number of pyridine rings is 1. The maximum atomic E-state index is 5.62. The molecule has 0 saturated heterocycles. The maximum absolute atomic E-state index is 5.62. The van der Waals surface area contributed by atoms with Crippen LogP contribution in [0, 0.1) is 5.92 Å². The van der Waals surface area contributed by atoms with Crippen LogP contribution in [0.3, 0.4) is 0 Å². The first kappa shape index (κ1) is 10.4. The third kappa shape index (κ3) is 2.89. The quantitative estimate of drug-likeness (QED) is 0.773. The summed E-state index contributed by atoms with van der Waals surface area (Å²) in [5, 5.41) is 0. The highest BCUT2D eigenvalue weighted by molar-refractivity contribution is 7.80. The number of nitrogens with two attached hydrogens (primary N) is 1. The fourth-order valence-electron chi connectivity index (χ4n) is 1.43. The summed E-state index contributed by atoms with van der Waals surface area (Å²) in [7, 11) is 0. The fourth-order valence-corrected chi connectivity index (χ4v) is 1.59. The first-order chi connectivity index (χ1) is 7.27. The molecule has 0 bridgehead atoms. The molecular weight excluding hydrogens is 208 g/mol. The van der Waals surface area contributed by atoms with Gasteiger partial charge in [-0.15, -0.1) is 0 Å². The Kier molecular flexibility index (Phi) is 3.16. The van der Waals surface area contributed by atoms with Crippen molar-refractivity contribution in [3.8, 4) is 5.75 Å². The van der Waals surface area contributed by atoms with Gasteiger partial charge in [-0.05, 0) is 24.5 Å². The number of ether oxygens (including phenoxy) is 1. The Morgan fingerprint density at radius 3 is 3.07 bits per heavy atom. The molecule has 2 N–H and O–H groups in total. The van der Waals surface area contributed by atoms with Crippen molar-refractivity contribution in [1.29, 1.82) is 0 Å². The zero-order chi connectivity index (χ0) is 10.7. The number of rotatable bonds is 5. The number of hydrogen-bond acceptors (Lipinski definition) is 3. The third-order valence-electron chi connectivity index (χ3n) is 2.48. The summed E-state index contributed by atoms with van der Waals surface area (Å²) in [6.45, 7) is 0.728. The molecule has 1 aliphatic rings. The van der Waals surface area contributed by atoms with Gasteiger partial charge < -0.3 is 10.5 Å². The van der Waals surface area contributed by atoms with Crippen molar-refractivity contribution < 1.29 is 4.74 Å². The number of thiocarbonyl (C=S) groups is 1. The topological polar surface area (TPSA) is 48.1 Å². The molecule has 1 heterocycles. The van der Waals surface area contributed by atoms with Gasteiger partial charge in [0.2, 0.25) is 0 Å². The van der Waals surface area contributed by atoms with E-state index in [4.69, 9.17) is 22.7 Å². The van der Waals surface area contributed by atoms with Crippen molar-refractivity contribution in [2.24, 2.45) is 11.7 Å². The van der Waals surface area contributed by atoms with E-state index in [1.54, 1.807) is 6.20 Å². The Morgan fingerprint density at radius 2 is 2.40 bits per heavy atom. The van der Waals surface area contributed by atoms with Gasteiger partial charge in [0, 0.05) is 6.20 Å². The zero-order valence-corrected chi connectivity index (χ0v) is 9.30. The first-order valence-electron chi connectivity index (χ1n) is 5.15. The fraction of sp³-hybridized carbons (Fsp3) is 0.455. The largest absolute Gasteiger partial charge is 0.491 e. The van der Waals surface area contributed by atoms with Gasteiger partial charge in [0.1, 0.15) is 16.4 Å². The van der Waals surface area contributed by atoms with Crippen molar-refractivity contribution in [1.82, 2.24) is 4.98 Å². The summed E-state index contributed by atoms with van der Waals surface area (Å²) in [4.78, 5) is 4.39. The lowest BCUT2D eigenvalue weighted by Gasteiger charge is -2.08. The molecule has 2 rings (SSSR count). The Morgan fingerprint density at radius 1 is 1.60 bits per heavy atom. The normalized spacial score (nSPS) is 14.9. The second-order valence-electron chi connectivity index (χ2n) is 3.79. The Bertz CT molecular complexity index is 363. The summed E-state index contributed by atoms with van der Waals surface area (Å²) < 4.78 is 5.62. The van der Waals surface area contributed by atoms with E-state index in [0.717, 1.165) is 18.9 Å². The van der Waals surface area contributed by atoms with E-state index in [9.17, 15) is 0 Å². The summed E-state index contributed by atoms with van der Waals surface area (Å²) in [6, 6.07) is 3.68. The van der Waals surface area contributed by atoms with Crippen LogP contribution in [0.4, 0.5) is 0 Å². The van der Waals surface area contributed by atoms with Crippen molar-refractivity contribution in [2.45, 2.75) is 19.3 Å². The molecule has 0 radical (unpaired) electrons. The summed E-state index contributed by atoms with van der Waals surface area (Å²) >= 11 is 4.90. The predicted molar refractivity (Wildman–Crippen MR) is 63.0 cm³/mol. The smallest absolute Gasteiger partial charge is 0.147 e. The monoisotopic (exact) mass is 222 g/mol. The summed E-state index contributed by atoms with van der Waals surface area (Å²) in [5.74, 6) is 1.57. The zero-order valence-electron chi connectivity index (χ0n) is 8.48. The highest BCUT2D eigenvalue weighted by atomic mass is 32.1. The standard InChI is InChI=1S/C11H14N2OS/c12-11(15)10-9(2-1-6-13-10)14-7-5-8-3-4-8/h1-2,6,8H,3-5,7H2,(H2,12,15). The number of aromatic nitrogens is 1. The molecule has 0 atom stereocenters. The lowest BCUT2D eigenvalue weighted by atomic mass is 10.3. The van der Waals surface area contributed by atoms with Crippen molar-refractivity contribution >= 4 is 17.2 Å². The lowest BCUT2D eigenvalue weighted by molar-refractivity contribution is 0.301. The van der Waals surface area contributed by atoms with Crippen LogP contribution in [0.2, 0.25) is 0 Å². The van der Waals surface area contributed by atoms with Gasteiger partial charge in [-0.25, -0.2) is 4.98 Å². The SMILES string of the molecule is NC(=S)c1ncccc1OCCC1CC1. The van der Waals surface area contributed by atoms with E-state index in [-0.39, 0.29) is 4.99 Å². The van der Waals surface area contributed by atoms with E-state index in [2.05, 4.69) is 4.98 Å². The molecule has 0 aliphatic heterocycles. The maximum Gasteiger partial charge on any atom is 0.147 e. The van der Waals surface area contributed by atoms with E-state index < -0.39 is 0 Å². The molecule has 1 aromatic rings. The highest BCUT2D eigenvalue weighted by Gasteiger charge is 2.21. The van der Waals surface area contributed by atoms with Gasteiger partial charge in [-0.1, -0.05) is 25.1 Å². The molecule has 15 heavy (non-hydrogen) atoms. The summed E-state index contributed by atoms with van der Waals surface area (Å²) in [5.41, 5.74) is 6.13. The molecule has 1 saturated carbocycles. The molecule has 1 aliphatic carbocycles. The second kappa shape index (κ2) is 4.57. The Balaban J connectivity index is 1.95. The van der Waals surface area contributed by atoms with Gasteiger partial charge in [0.25, 0.3) is 0 Å². The molecule has 0 unspecified atom stereocenters. The van der Waals surface area contributed by atoms with Gasteiger partial charge >= 0.3 is 0 Å². The van der Waals surface area contributed by atoms with Crippen LogP contribution in [0.15, 0.2) is 18.3 Å². The molecule has 4 heteroatoms. The van der Waals surface area contributed by atoms with Crippen LogP contribution < -0.4 is 10.5 Å². The van der Waals surface area contributed by atoms with E-state index in [1.807, 2.05) is 12.1 Å². The molecule has 0 amide bonds. The van der Waals surface area contributed by atoms with Crippen LogP contribution in [-0.2, 0) is 0 Å². The van der Waals surface area contributed by atoms with E-state index in [1.165, 1.54) is 12.8 Å². The molecule has 0 aromatic carbocycles. The third-order valence-corrected chi connectivity index (χ3v) is 2.68. The van der Waals surface area contributed by atoms with Crippen molar-refractivity contribution in [3.05, 3.63) is 24.0 Å². The number of hydrogen-bond donors (Lipinski definition) is 1. The Labute approximate surface area is 94.6 Å². The highest BCUT2D eigenvalue weighted by Crippen LogP contribution is 2.32. The van der Waals surface area contributed by atoms with Crippen LogP contribution in [0.5, 0.6) is 5.75 Å². The van der Waals surface area contributed by atoms with Crippen LogP contribution in [-0.4, -0.2) is 16.6 Å². The molecule has 1 aromatic heterocycles. The van der Waals surface area contributed by atoms with Crippen LogP contribution in [0.1, 0.15) is 25.0 Å². The number of nitrogens with zero attached hydrogens (tertiary/aromatic N) is 1. The van der Waals surface area contributed by atoms with E-state index >= 15 is 0 Å². The minimum absolute atomic E-state index is 0.289. The van der Waals surface area contributed by atoms with Crippen LogP contribution >= 0.6 is 12.2 Å². The van der Waals surface area contributed by atoms with E-state index in [0.29, 0.717) is 11.4 Å². The Hall–Kier alpha value is -1.16. The first-order valence-corrected chi connectivity index (χ1v) is 5.56. The second-order valence-corrected chi connectivity index (χ2v) is 4.23. The van der Waals surface area contributed by atoms with Gasteiger partial charge in [-0.3, -0.25) is 0 Å². The average molecular weight is 222 g/mol. The molecule has 3 nitrogen and oxygen atoms in total. The summed E-state index contributed by atoms with van der Waals surface area (Å²) in [6.07, 6.45) is 5.48. The minimum atomic E-state index is 0.289.